The molecule has 1 unspecified atom stereocenters. The number of carbonyl (C=O) groups is 1. The van der Waals surface area contributed by atoms with E-state index in [2.05, 4.69) is 9.97 Å². The van der Waals surface area contributed by atoms with E-state index in [1.807, 2.05) is 4.90 Å². The highest BCUT2D eigenvalue weighted by Crippen LogP contribution is 2.27. The van der Waals surface area contributed by atoms with Gasteiger partial charge in [0.1, 0.15) is 6.10 Å². The lowest BCUT2D eigenvalue weighted by Crippen LogP contribution is -2.47. The van der Waals surface area contributed by atoms with Crippen LogP contribution in [0.1, 0.15) is 44.9 Å². The number of aromatic nitrogens is 2. The average Bonchev–Trinajstić information content (AvgIpc) is 2.62. The first kappa shape index (κ1) is 16.0. The quantitative estimate of drug-likeness (QED) is 0.853. The Morgan fingerprint density at radius 3 is 2.70 bits per heavy atom. The van der Waals surface area contributed by atoms with Crippen molar-refractivity contribution in [3.8, 4) is 11.8 Å². The highest BCUT2D eigenvalue weighted by molar-refractivity contribution is 5.79. The van der Waals surface area contributed by atoms with Gasteiger partial charge >= 0.3 is 0 Å². The van der Waals surface area contributed by atoms with Gasteiger partial charge in [0.15, 0.2) is 0 Å². The molecule has 3 rings (SSSR count). The molecule has 1 atom stereocenters. The molecule has 0 N–H and O–H groups in total. The van der Waals surface area contributed by atoms with Crippen molar-refractivity contribution in [1.82, 2.24) is 14.9 Å². The summed E-state index contributed by atoms with van der Waals surface area (Å²) in [6.45, 7) is 1.49. The van der Waals surface area contributed by atoms with Crippen LogP contribution in [0, 0.1) is 5.92 Å². The second kappa shape index (κ2) is 7.62. The van der Waals surface area contributed by atoms with Gasteiger partial charge in [0.05, 0.1) is 26.0 Å². The number of nitrogens with zero attached hydrogens (tertiary/aromatic N) is 3. The summed E-state index contributed by atoms with van der Waals surface area (Å²) >= 11 is 0. The molecule has 6 nitrogen and oxygen atoms in total. The maximum Gasteiger partial charge on any atom is 0.235 e. The summed E-state index contributed by atoms with van der Waals surface area (Å²) in [4.78, 5) is 22.9. The van der Waals surface area contributed by atoms with E-state index in [9.17, 15) is 4.79 Å². The van der Waals surface area contributed by atoms with Crippen LogP contribution in [0.5, 0.6) is 11.8 Å². The molecule has 1 aliphatic carbocycles. The number of amides is 1. The van der Waals surface area contributed by atoms with Crippen molar-refractivity contribution < 1.29 is 14.3 Å². The van der Waals surface area contributed by atoms with E-state index in [-0.39, 0.29) is 12.0 Å². The van der Waals surface area contributed by atoms with Gasteiger partial charge in [-0.05, 0) is 25.7 Å². The third-order valence-corrected chi connectivity index (χ3v) is 4.73. The fourth-order valence-corrected chi connectivity index (χ4v) is 3.50. The van der Waals surface area contributed by atoms with Crippen LogP contribution in [0.2, 0.25) is 0 Å². The number of likely N-dealkylation sites (tertiary alicyclic amines) is 1. The maximum absolute atomic E-state index is 12.7. The van der Waals surface area contributed by atoms with Gasteiger partial charge in [0, 0.05) is 12.5 Å². The van der Waals surface area contributed by atoms with Gasteiger partial charge < -0.3 is 14.4 Å². The first-order valence-corrected chi connectivity index (χ1v) is 8.58. The van der Waals surface area contributed by atoms with Crippen LogP contribution in [-0.2, 0) is 4.79 Å². The maximum atomic E-state index is 12.7. The number of hydrogen-bond acceptors (Lipinski definition) is 5. The van der Waals surface area contributed by atoms with Crippen LogP contribution < -0.4 is 9.47 Å². The lowest BCUT2D eigenvalue weighted by Gasteiger charge is -2.35. The molecular formula is C17H25N3O3. The predicted octanol–water partition coefficient (Wildman–Crippen LogP) is 2.44. The molecule has 1 saturated heterocycles. The minimum Gasteiger partial charge on any atom is -0.480 e. The summed E-state index contributed by atoms with van der Waals surface area (Å²) in [6.07, 6.45) is 10.8. The number of hydrogen-bond donors (Lipinski definition) is 0. The van der Waals surface area contributed by atoms with Gasteiger partial charge in [-0.2, -0.15) is 4.98 Å². The van der Waals surface area contributed by atoms with E-state index < -0.39 is 0 Å². The Kier molecular flexibility index (Phi) is 5.31. The van der Waals surface area contributed by atoms with Gasteiger partial charge in [0.2, 0.25) is 17.7 Å². The lowest BCUT2D eigenvalue weighted by atomic mass is 9.88. The van der Waals surface area contributed by atoms with Crippen molar-refractivity contribution in [3.05, 3.63) is 12.4 Å². The second-order valence-electron chi connectivity index (χ2n) is 6.40. The molecule has 1 amide bonds. The Bertz CT molecular complexity index is 532. The molecule has 0 bridgehead atoms. The van der Waals surface area contributed by atoms with Gasteiger partial charge in [0.25, 0.3) is 0 Å². The normalized spacial score (nSPS) is 22.7. The molecule has 6 heteroatoms. The van der Waals surface area contributed by atoms with Crippen LogP contribution in [-0.4, -0.2) is 47.1 Å². The van der Waals surface area contributed by atoms with Gasteiger partial charge in [-0.3, -0.25) is 9.78 Å². The van der Waals surface area contributed by atoms with Crippen molar-refractivity contribution in [2.75, 3.05) is 20.2 Å². The van der Waals surface area contributed by atoms with E-state index in [1.165, 1.54) is 19.3 Å². The topological polar surface area (TPSA) is 64.6 Å². The van der Waals surface area contributed by atoms with E-state index in [0.717, 1.165) is 32.2 Å². The fraction of sp³-hybridized carbons (Fsp3) is 0.706. The molecule has 1 saturated carbocycles. The molecule has 0 radical (unpaired) electrons. The zero-order valence-corrected chi connectivity index (χ0v) is 13.7. The van der Waals surface area contributed by atoms with Crippen LogP contribution in [0.25, 0.3) is 0 Å². The molecular weight excluding hydrogens is 294 g/mol. The Morgan fingerprint density at radius 2 is 1.91 bits per heavy atom. The number of carbonyl (C=O) groups excluding carboxylic acids is 1. The third-order valence-electron chi connectivity index (χ3n) is 4.73. The molecule has 126 valence electrons. The first-order valence-electron chi connectivity index (χ1n) is 8.58. The smallest absolute Gasteiger partial charge is 0.235 e. The summed E-state index contributed by atoms with van der Waals surface area (Å²) in [5, 5.41) is 0. The van der Waals surface area contributed by atoms with E-state index in [4.69, 9.17) is 9.47 Å². The largest absolute Gasteiger partial charge is 0.480 e. The van der Waals surface area contributed by atoms with Crippen LogP contribution in [0.3, 0.4) is 0 Å². The number of piperidine rings is 1. The van der Waals surface area contributed by atoms with Crippen LogP contribution in [0.15, 0.2) is 12.4 Å². The molecule has 1 aromatic rings. The summed E-state index contributed by atoms with van der Waals surface area (Å²) in [5.41, 5.74) is 0. The molecule has 0 aromatic carbocycles. The molecule has 0 spiro atoms. The molecule has 1 aromatic heterocycles. The Hall–Kier alpha value is -1.85. The number of rotatable bonds is 4. The second-order valence-corrected chi connectivity index (χ2v) is 6.40. The zero-order chi connectivity index (χ0) is 16.1. The average molecular weight is 319 g/mol. The fourth-order valence-electron chi connectivity index (χ4n) is 3.50. The minimum atomic E-state index is -0.0160. The van der Waals surface area contributed by atoms with Crippen molar-refractivity contribution >= 4 is 5.91 Å². The van der Waals surface area contributed by atoms with Crippen molar-refractivity contribution in [2.45, 2.75) is 51.0 Å². The van der Waals surface area contributed by atoms with Gasteiger partial charge in [-0.25, -0.2) is 0 Å². The highest BCUT2D eigenvalue weighted by Gasteiger charge is 2.30. The van der Waals surface area contributed by atoms with Crippen molar-refractivity contribution in [1.29, 1.82) is 0 Å². The van der Waals surface area contributed by atoms with E-state index in [1.54, 1.807) is 19.5 Å². The van der Waals surface area contributed by atoms with Crippen molar-refractivity contribution in [2.24, 2.45) is 5.92 Å². The zero-order valence-electron chi connectivity index (χ0n) is 13.7. The Morgan fingerprint density at radius 1 is 1.13 bits per heavy atom. The molecule has 2 aliphatic rings. The third kappa shape index (κ3) is 4.12. The molecule has 1 aliphatic heterocycles. The van der Waals surface area contributed by atoms with E-state index >= 15 is 0 Å². The van der Waals surface area contributed by atoms with Crippen LogP contribution >= 0.6 is 0 Å². The SMILES string of the molecule is COc1cncc(OC2CCCN(C(=O)C3CCCCC3)C2)n1. The molecule has 2 heterocycles. The van der Waals surface area contributed by atoms with Crippen LogP contribution in [0.4, 0.5) is 0 Å². The number of ether oxygens (including phenoxy) is 2. The predicted molar refractivity (Wildman–Crippen MR) is 85.4 cm³/mol. The lowest BCUT2D eigenvalue weighted by molar-refractivity contribution is -0.139. The number of methoxy groups -OCH3 is 1. The monoisotopic (exact) mass is 319 g/mol. The van der Waals surface area contributed by atoms with E-state index in [0.29, 0.717) is 24.2 Å². The minimum absolute atomic E-state index is 0.0160. The summed E-state index contributed by atoms with van der Waals surface area (Å²) in [7, 11) is 1.55. The summed E-state index contributed by atoms with van der Waals surface area (Å²) in [5.74, 6) is 1.43. The first-order chi connectivity index (χ1) is 11.3. The summed E-state index contributed by atoms with van der Waals surface area (Å²) < 4.78 is 11.0. The van der Waals surface area contributed by atoms with Crippen molar-refractivity contribution in [3.63, 3.8) is 0 Å². The van der Waals surface area contributed by atoms with Gasteiger partial charge in [-0.15, -0.1) is 0 Å². The Balaban J connectivity index is 1.58. The molecule has 2 fully saturated rings. The highest BCUT2D eigenvalue weighted by atomic mass is 16.5. The summed E-state index contributed by atoms with van der Waals surface area (Å²) in [6, 6.07) is 0. The standard InChI is InChI=1S/C17H25N3O3/c1-22-15-10-18-11-16(19-15)23-14-8-5-9-20(12-14)17(21)13-6-3-2-4-7-13/h10-11,13-14H,2-9,12H2,1H3. The Labute approximate surface area is 137 Å². The molecule has 23 heavy (non-hydrogen) atoms. The van der Waals surface area contributed by atoms with Gasteiger partial charge in [-0.1, -0.05) is 19.3 Å².